The Hall–Kier alpha value is -3.07. The highest BCUT2D eigenvalue weighted by Gasteiger charge is 2.69. The molecule has 260 valence electrons. The van der Waals surface area contributed by atoms with Crippen molar-refractivity contribution >= 4 is 11.7 Å². The summed E-state index contributed by atoms with van der Waals surface area (Å²) < 4.78 is 7.53. The Morgan fingerprint density at radius 2 is 1.73 bits per heavy atom. The van der Waals surface area contributed by atoms with E-state index in [0.29, 0.717) is 23.2 Å². The number of rotatable bonds is 5. The summed E-state index contributed by atoms with van der Waals surface area (Å²) in [6, 6.07) is 6.40. The number of carbonyl (C=O) groups excluding carboxylic acids is 1. The Labute approximate surface area is 285 Å². The molecule has 4 fully saturated rings. The third-order valence-corrected chi connectivity index (χ3v) is 15.2. The number of hydrogen-bond donors (Lipinski definition) is 1. The van der Waals surface area contributed by atoms with Gasteiger partial charge < -0.3 is 9.84 Å². The number of ether oxygens (including phenoxy) is 1. The van der Waals surface area contributed by atoms with Crippen molar-refractivity contribution in [2.24, 2.45) is 50.2 Å². The molecule has 48 heavy (non-hydrogen) atoms. The first kappa shape index (κ1) is 33.4. The Balaban J connectivity index is 1.17. The SMILES string of the molecule is CC1(C)CC[C@]2(C(=O)OCc3cn(-c4ccccc4[N+](=O)[O-])nn3)CC[C@]3(C)C(=CC[C@@H]4[C@@]5(C)CC[C@H](O)C(C)(C)[C@@H]5CC[C@]43C)[C@@H]2C1. The smallest absolute Gasteiger partial charge is 0.313 e. The van der Waals surface area contributed by atoms with Gasteiger partial charge in [-0.25, -0.2) is 4.68 Å². The highest BCUT2D eigenvalue weighted by Crippen LogP contribution is 2.75. The van der Waals surface area contributed by atoms with Crippen LogP contribution in [0.1, 0.15) is 118 Å². The maximum Gasteiger partial charge on any atom is 0.313 e. The molecule has 5 aliphatic rings. The minimum absolute atomic E-state index is 0.000928. The van der Waals surface area contributed by atoms with E-state index >= 15 is 0 Å². The number of aliphatic hydroxyl groups is 1. The minimum Gasteiger partial charge on any atom is -0.459 e. The molecule has 7 rings (SSSR count). The molecule has 0 spiro atoms. The molecule has 1 N–H and O–H groups in total. The predicted octanol–water partition coefficient (Wildman–Crippen LogP) is 8.38. The van der Waals surface area contributed by atoms with E-state index in [1.165, 1.54) is 16.3 Å². The number of esters is 1. The van der Waals surface area contributed by atoms with Crippen LogP contribution < -0.4 is 0 Å². The van der Waals surface area contributed by atoms with Crippen molar-refractivity contribution in [3.63, 3.8) is 0 Å². The highest BCUT2D eigenvalue weighted by atomic mass is 16.6. The van der Waals surface area contributed by atoms with Crippen molar-refractivity contribution in [1.82, 2.24) is 15.0 Å². The normalized spacial score (nSPS) is 39.5. The quantitative estimate of drug-likeness (QED) is 0.148. The van der Waals surface area contributed by atoms with E-state index in [1.807, 2.05) is 0 Å². The van der Waals surface area contributed by atoms with Gasteiger partial charge in [0.25, 0.3) is 5.69 Å². The molecule has 9 heteroatoms. The lowest BCUT2D eigenvalue weighted by Crippen LogP contribution is -2.65. The molecule has 0 bridgehead atoms. The Morgan fingerprint density at radius 1 is 1.00 bits per heavy atom. The van der Waals surface area contributed by atoms with E-state index in [1.54, 1.807) is 24.4 Å². The number of allylic oxidation sites excluding steroid dienone is 2. The number of para-hydroxylation sites is 2. The summed E-state index contributed by atoms with van der Waals surface area (Å²) >= 11 is 0. The number of aromatic nitrogens is 3. The molecule has 1 aromatic heterocycles. The molecule has 9 nitrogen and oxygen atoms in total. The Morgan fingerprint density at radius 3 is 2.48 bits per heavy atom. The largest absolute Gasteiger partial charge is 0.459 e. The molecule has 4 saturated carbocycles. The van der Waals surface area contributed by atoms with E-state index in [2.05, 4.69) is 64.9 Å². The summed E-state index contributed by atoms with van der Waals surface area (Å²) in [5.74, 6) is 1.03. The van der Waals surface area contributed by atoms with Crippen molar-refractivity contribution in [3.05, 3.63) is 57.9 Å². The van der Waals surface area contributed by atoms with Gasteiger partial charge in [0.2, 0.25) is 0 Å². The summed E-state index contributed by atoms with van der Waals surface area (Å²) in [7, 11) is 0. The summed E-state index contributed by atoms with van der Waals surface area (Å²) in [6.07, 6.45) is 13.8. The zero-order chi connectivity index (χ0) is 34.5. The first-order valence-electron chi connectivity index (χ1n) is 18.2. The summed E-state index contributed by atoms with van der Waals surface area (Å²) in [6.45, 7) is 16.9. The minimum atomic E-state index is -0.573. The van der Waals surface area contributed by atoms with Gasteiger partial charge in [0, 0.05) is 6.07 Å². The first-order valence-corrected chi connectivity index (χ1v) is 18.2. The number of nitro groups is 1. The summed E-state index contributed by atoms with van der Waals surface area (Å²) in [4.78, 5) is 25.6. The van der Waals surface area contributed by atoms with Crippen molar-refractivity contribution < 1.29 is 19.6 Å². The zero-order valence-corrected chi connectivity index (χ0v) is 29.9. The van der Waals surface area contributed by atoms with Crippen molar-refractivity contribution in [1.29, 1.82) is 0 Å². The van der Waals surface area contributed by atoms with Gasteiger partial charge in [-0.1, -0.05) is 77.5 Å². The van der Waals surface area contributed by atoms with Crippen molar-refractivity contribution in [3.8, 4) is 5.69 Å². The lowest BCUT2D eigenvalue weighted by molar-refractivity contribution is -0.384. The molecule has 0 amide bonds. The topological polar surface area (TPSA) is 120 Å². The molecule has 1 aromatic carbocycles. The van der Waals surface area contributed by atoms with Crippen LogP contribution in [0.4, 0.5) is 5.69 Å². The molecule has 5 aliphatic carbocycles. The van der Waals surface area contributed by atoms with Crippen LogP contribution >= 0.6 is 0 Å². The third kappa shape index (κ3) is 4.68. The second-order valence-corrected chi connectivity index (χ2v) is 18.2. The molecule has 0 radical (unpaired) electrons. The monoisotopic (exact) mass is 658 g/mol. The van der Waals surface area contributed by atoms with Crippen LogP contribution in [-0.2, 0) is 16.1 Å². The van der Waals surface area contributed by atoms with Gasteiger partial charge in [-0.05, 0) is 115 Å². The highest BCUT2D eigenvalue weighted by molar-refractivity contribution is 5.78. The second kappa shape index (κ2) is 11.0. The van der Waals surface area contributed by atoms with Crippen molar-refractivity contribution in [2.75, 3.05) is 0 Å². The Kier molecular flexibility index (Phi) is 7.64. The van der Waals surface area contributed by atoms with Gasteiger partial charge in [-0.3, -0.25) is 14.9 Å². The molecular formula is C39H54N4O5. The fraction of sp³-hybridized carbons (Fsp3) is 0.718. The Bertz CT molecular complexity index is 1660. The fourth-order valence-corrected chi connectivity index (χ4v) is 12.2. The van der Waals surface area contributed by atoms with Crippen LogP contribution in [0.15, 0.2) is 42.1 Å². The van der Waals surface area contributed by atoms with Gasteiger partial charge in [0.05, 0.1) is 22.6 Å². The number of nitro benzene ring substituents is 1. The average molecular weight is 659 g/mol. The van der Waals surface area contributed by atoms with Gasteiger partial charge in [0.15, 0.2) is 0 Å². The molecule has 0 unspecified atom stereocenters. The number of fused-ring (bicyclic) bond motifs is 7. The number of benzene rings is 1. The number of hydrogen-bond acceptors (Lipinski definition) is 7. The van der Waals surface area contributed by atoms with Crippen LogP contribution in [0.3, 0.4) is 0 Å². The van der Waals surface area contributed by atoms with Crippen LogP contribution in [0.25, 0.3) is 5.69 Å². The van der Waals surface area contributed by atoms with Gasteiger partial charge >= 0.3 is 5.97 Å². The molecule has 8 atom stereocenters. The first-order chi connectivity index (χ1) is 22.5. The number of aliphatic hydroxyl groups excluding tert-OH is 1. The molecule has 0 saturated heterocycles. The van der Waals surface area contributed by atoms with Gasteiger partial charge in [-0.15, -0.1) is 5.10 Å². The maximum atomic E-state index is 14.4. The lowest BCUT2D eigenvalue weighted by atomic mass is 9.33. The van der Waals surface area contributed by atoms with Crippen LogP contribution in [0, 0.1) is 60.4 Å². The zero-order valence-electron chi connectivity index (χ0n) is 29.9. The third-order valence-electron chi connectivity index (χ3n) is 15.2. The van der Waals surface area contributed by atoms with E-state index in [-0.39, 0.29) is 57.4 Å². The van der Waals surface area contributed by atoms with Crippen LogP contribution in [-0.4, -0.2) is 37.1 Å². The standard InChI is InChI=1S/C39H54N4O5/c1-34(2)18-20-39(33(45)48-24-25-23-42(41-40-25)28-10-8-9-11-29(28)43(46)47)21-19-37(6)26(27(39)22-34)12-13-31-36(5)16-15-32(44)35(3,4)30(36)14-17-38(31,37)7/h8-12,23,27,30-32,44H,13-22,24H2,1-7H3/t27-,30-,31+,32-,36-,37+,38+,39-/m0/s1. The van der Waals surface area contributed by atoms with E-state index < -0.39 is 10.3 Å². The predicted molar refractivity (Wildman–Crippen MR) is 183 cm³/mol. The molecule has 0 aliphatic heterocycles. The summed E-state index contributed by atoms with van der Waals surface area (Å²) in [5, 5.41) is 31.0. The van der Waals surface area contributed by atoms with E-state index in [4.69, 9.17) is 4.74 Å². The second-order valence-electron chi connectivity index (χ2n) is 18.2. The van der Waals surface area contributed by atoms with Crippen LogP contribution in [0.2, 0.25) is 0 Å². The van der Waals surface area contributed by atoms with Gasteiger partial charge in [0.1, 0.15) is 18.0 Å². The average Bonchev–Trinajstić information content (AvgIpc) is 3.51. The molecule has 2 aromatic rings. The van der Waals surface area contributed by atoms with Crippen LogP contribution in [0.5, 0.6) is 0 Å². The molecule has 1 heterocycles. The number of nitrogens with zero attached hydrogens (tertiary/aromatic N) is 4. The van der Waals surface area contributed by atoms with E-state index in [0.717, 1.165) is 64.2 Å². The summed E-state index contributed by atoms with van der Waals surface area (Å²) in [5.41, 5.74) is 1.99. The number of carbonyl (C=O) groups is 1. The fourth-order valence-electron chi connectivity index (χ4n) is 12.2. The molecular weight excluding hydrogens is 604 g/mol. The van der Waals surface area contributed by atoms with Gasteiger partial charge in [-0.2, -0.15) is 0 Å². The van der Waals surface area contributed by atoms with Crippen molar-refractivity contribution in [2.45, 2.75) is 125 Å². The maximum absolute atomic E-state index is 14.4. The lowest BCUT2D eigenvalue weighted by Gasteiger charge is -2.71. The van der Waals surface area contributed by atoms with E-state index in [9.17, 15) is 20.0 Å².